The van der Waals surface area contributed by atoms with Crippen LogP contribution in [0.2, 0.25) is 0 Å². The monoisotopic (exact) mass is 370 g/mol. The number of hydrogen-bond donors (Lipinski definition) is 1. The molecular weight excluding hydrogens is 340 g/mol. The predicted octanol–water partition coefficient (Wildman–Crippen LogP) is 5.34. The van der Waals surface area contributed by atoms with Crippen LogP contribution >= 0.6 is 0 Å². The molecular formula is C23H30O4. The van der Waals surface area contributed by atoms with Crippen LogP contribution in [0.1, 0.15) is 64.7 Å². The topological polar surface area (TPSA) is 63.6 Å². The number of ether oxygens (including phenoxy) is 1. The van der Waals surface area contributed by atoms with Gasteiger partial charge in [-0.1, -0.05) is 12.5 Å². The fraction of sp³-hybridized carbons (Fsp3) is 0.739. The van der Waals surface area contributed by atoms with Crippen LogP contribution in [0.5, 0.6) is 0 Å². The summed E-state index contributed by atoms with van der Waals surface area (Å²) in [5.74, 6) is 3.75. The van der Waals surface area contributed by atoms with Gasteiger partial charge in [0.05, 0.1) is 6.26 Å². The van der Waals surface area contributed by atoms with Gasteiger partial charge in [0.2, 0.25) is 0 Å². The Labute approximate surface area is 161 Å². The second-order valence-corrected chi connectivity index (χ2v) is 10.1. The van der Waals surface area contributed by atoms with Crippen LogP contribution in [0.4, 0.5) is 4.79 Å². The van der Waals surface area contributed by atoms with Crippen LogP contribution in [-0.4, -0.2) is 17.0 Å². The quantitative estimate of drug-likeness (QED) is 0.526. The molecule has 5 aliphatic carbocycles. The van der Waals surface area contributed by atoms with E-state index in [4.69, 9.17) is 5.11 Å². The van der Waals surface area contributed by atoms with Gasteiger partial charge < -0.3 is 9.84 Å². The highest BCUT2D eigenvalue weighted by Crippen LogP contribution is 2.66. The maximum absolute atomic E-state index is 12.5. The highest BCUT2D eigenvalue weighted by Gasteiger charge is 2.59. The lowest BCUT2D eigenvalue weighted by molar-refractivity contribution is -0.121. The molecule has 1 N–H and O–H groups in total. The molecule has 4 fully saturated rings. The van der Waals surface area contributed by atoms with Crippen molar-refractivity contribution in [1.29, 1.82) is 0 Å². The van der Waals surface area contributed by atoms with Crippen LogP contribution in [0.25, 0.3) is 0 Å². The Morgan fingerprint density at radius 2 is 2.00 bits per heavy atom. The highest BCUT2D eigenvalue weighted by atomic mass is 16.7. The van der Waals surface area contributed by atoms with Crippen molar-refractivity contribution in [3.05, 3.63) is 24.0 Å². The molecule has 1 spiro atoms. The van der Waals surface area contributed by atoms with E-state index in [0.29, 0.717) is 17.6 Å². The van der Waals surface area contributed by atoms with E-state index in [1.165, 1.54) is 37.5 Å². The summed E-state index contributed by atoms with van der Waals surface area (Å²) >= 11 is 0. The number of fused-ring (bicyclic) bond motifs is 5. The second-order valence-electron chi connectivity index (χ2n) is 10.1. The molecule has 4 heteroatoms. The van der Waals surface area contributed by atoms with Gasteiger partial charge in [0, 0.05) is 5.41 Å². The third kappa shape index (κ3) is 2.62. The molecule has 27 heavy (non-hydrogen) atoms. The number of rotatable bonds is 2. The molecule has 0 aromatic heterocycles. The van der Waals surface area contributed by atoms with Gasteiger partial charge in [-0.15, -0.1) is 0 Å². The number of carboxylic acid groups (broad SMARTS) is 1. The Morgan fingerprint density at radius 3 is 2.74 bits per heavy atom. The minimum absolute atomic E-state index is 0.0337. The summed E-state index contributed by atoms with van der Waals surface area (Å²) in [7, 11) is 0. The molecule has 0 aliphatic heterocycles. The summed E-state index contributed by atoms with van der Waals surface area (Å²) in [6.45, 7) is 2.43. The van der Waals surface area contributed by atoms with Crippen LogP contribution in [-0.2, 0) is 9.53 Å². The standard InChI is InChI=1S/C23H30O4/c1-22-8-6-16-17(19(22)5-3-15(22)7-11-27-21(25)26)4-2-14-12-20(24)23(9-10-23)13-18(14)16/h7,11-12,15-19H,2-6,8-10,13H2,1H3,(H,25,26)/b11-7-/t15-,16-,17+,18-,19-,22+/m0/s1. The number of carbonyl (C=O) groups excluding carboxylic acids is 1. The molecule has 0 unspecified atom stereocenters. The van der Waals surface area contributed by atoms with E-state index in [-0.39, 0.29) is 10.8 Å². The Balaban J connectivity index is 1.36. The molecule has 6 atom stereocenters. The summed E-state index contributed by atoms with van der Waals surface area (Å²) in [6, 6.07) is 0. The van der Waals surface area contributed by atoms with E-state index in [0.717, 1.165) is 49.9 Å². The summed E-state index contributed by atoms with van der Waals surface area (Å²) in [6.07, 6.45) is 14.8. The normalized spacial score (nSPS) is 44.4. The molecule has 5 rings (SSSR count). The number of hydrogen-bond acceptors (Lipinski definition) is 3. The van der Waals surface area contributed by atoms with Crippen molar-refractivity contribution in [3.63, 3.8) is 0 Å². The molecule has 0 radical (unpaired) electrons. The van der Waals surface area contributed by atoms with E-state index in [1.807, 2.05) is 6.08 Å². The lowest BCUT2D eigenvalue weighted by atomic mass is 9.50. The van der Waals surface area contributed by atoms with Gasteiger partial charge in [-0.3, -0.25) is 4.79 Å². The number of ketones is 1. The van der Waals surface area contributed by atoms with Crippen molar-refractivity contribution >= 4 is 11.9 Å². The van der Waals surface area contributed by atoms with E-state index >= 15 is 0 Å². The third-order valence-electron chi connectivity index (χ3n) is 9.11. The SMILES string of the molecule is C[C@]12CC[C@H]3[C@@H](CCC4=CC(=O)C5(CC5)C[C@@H]43)[C@@H]1CC[C@H]2/C=C\OC(=O)O. The maximum Gasteiger partial charge on any atom is 0.510 e. The fourth-order valence-electron chi connectivity index (χ4n) is 7.48. The lowest BCUT2D eigenvalue weighted by Crippen LogP contribution is -2.47. The Kier molecular flexibility index (Phi) is 3.86. The first kappa shape index (κ1) is 17.5. The molecule has 0 aromatic carbocycles. The smallest absolute Gasteiger partial charge is 0.449 e. The van der Waals surface area contributed by atoms with Gasteiger partial charge in [-0.25, -0.2) is 4.79 Å². The van der Waals surface area contributed by atoms with E-state index in [2.05, 4.69) is 17.7 Å². The molecule has 0 saturated heterocycles. The van der Waals surface area contributed by atoms with Crippen LogP contribution in [0.15, 0.2) is 24.0 Å². The first-order valence-electron chi connectivity index (χ1n) is 10.7. The number of allylic oxidation sites excluding steroid dienone is 2. The minimum atomic E-state index is -1.23. The minimum Gasteiger partial charge on any atom is -0.449 e. The van der Waals surface area contributed by atoms with Gasteiger partial charge >= 0.3 is 6.16 Å². The Bertz CT molecular complexity index is 731. The molecule has 4 saturated carbocycles. The maximum atomic E-state index is 12.5. The molecule has 4 nitrogen and oxygen atoms in total. The zero-order chi connectivity index (χ0) is 18.8. The molecule has 0 bridgehead atoms. The van der Waals surface area contributed by atoms with Gasteiger partial charge in [0.1, 0.15) is 0 Å². The lowest BCUT2D eigenvalue weighted by Gasteiger charge is -2.54. The Hall–Kier alpha value is -1.58. The van der Waals surface area contributed by atoms with Gasteiger partial charge in [-0.05, 0) is 105 Å². The van der Waals surface area contributed by atoms with E-state index in [9.17, 15) is 9.59 Å². The first-order valence-corrected chi connectivity index (χ1v) is 10.7. The average Bonchev–Trinajstić information content (AvgIpc) is 3.32. The van der Waals surface area contributed by atoms with Crippen LogP contribution in [0.3, 0.4) is 0 Å². The molecule has 0 heterocycles. The van der Waals surface area contributed by atoms with Crippen molar-refractivity contribution in [3.8, 4) is 0 Å². The second kappa shape index (κ2) is 5.96. The van der Waals surface area contributed by atoms with Crippen LogP contribution < -0.4 is 0 Å². The first-order chi connectivity index (χ1) is 12.9. The van der Waals surface area contributed by atoms with Gasteiger partial charge in [0.15, 0.2) is 5.78 Å². The predicted molar refractivity (Wildman–Crippen MR) is 101 cm³/mol. The fourth-order valence-corrected chi connectivity index (χ4v) is 7.48. The molecule has 0 amide bonds. The molecule has 0 aromatic rings. The summed E-state index contributed by atoms with van der Waals surface area (Å²) < 4.78 is 4.64. The summed E-state index contributed by atoms with van der Waals surface area (Å²) in [5, 5.41) is 8.71. The van der Waals surface area contributed by atoms with Crippen molar-refractivity contribution in [2.24, 2.45) is 40.4 Å². The van der Waals surface area contributed by atoms with Crippen molar-refractivity contribution in [1.82, 2.24) is 0 Å². The summed E-state index contributed by atoms with van der Waals surface area (Å²) in [4.78, 5) is 23.1. The van der Waals surface area contributed by atoms with Crippen molar-refractivity contribution < 1.29 is 19.4 Å². The van der Waals surface area contributed by atoms with E-state index in [1.54, 1.807) is 0 Å². The third-order valence-corrected chi connectivity index (χ3v) is 9.11. The van der Waals surface area contributed by atoms with Gasteiger partial charge in [0.25, 0.3) is 0 Å². The zero-order valence-electron chi connectivity index (χ0n) is 16.2. The van der Waals surface area contributed by atoms with Crippen LogP contribution in [0, 0.1) is 40.4 Å². The zero-order valence-corrected chi connectivity index (χ0v) is 16.2. The van der Waals surface area contributed by atoms with Gasteiger partial charge in [-0.2, -0.15) is 0 Å². The molecule has 146 valence electrons. The van der Waals surface area contributed by atoms with Crippen molar-refractivity contribution in [2.75, 3.05) is 0 Å². The van der Waals surface area contributed by atoms with E-state index < -0.39 is 6.16 Å². The largest absolute Gasteiger partial charge is 0.510 e. The average molecular weight is 370 g/mol. The summed E-state index contributed by atoms with van der Waals surface area (Å²) in [5.41, 5.74) is 1.76. The Morgan fingerprint density at radius 1 is 1.19 bits per heavy atom. The highest BCUT2D eigenvalue weighted by molar-refractivity contribution is 5.98. The molecule has 5 aliphatic rings. The number of carbonyl (C=O) groups is 2. The van der Waals surface area contributed by atoms with Crippen molar-refractivity contribution in [2.45, 2.75) is 64.7 Å².